The van der Waals surface area contributed by atoms with E-state index in [4.69, 9.17) is 10.5 Å². The van der Waals surface area contributed by atoms with Crippen molar-refractivity contribution in [2.75, 3.05) is 43.9 Å². The van der Waals surface area contributed by atoms with Gasteiger partial charge in [0.25, 0.3) is 0 Å². The molecule has 1 aliphatic heterocycles. The molecular formula is C17H23N5O. The minimum Gasteiger partial charge on any atom is -0.452 e. The normalized spacial score (nSPS) is 15.7. The Bertz CT molecular complexity index is 651. The summed E-state index contributed by atoms with van der Waals surface area (Å²) in [5.41, 5.74) is 7.06. The molecule has 0 bridgehead atoms. The number of hydrogen-bond donors (Lipinski definition) is 1. The Balaban J connectivity index is 1.83. The van der Waals surface area contributed by atoms with Crippen LogP contribution in [0.1, 0.15) is 12.5 Å². The Morgan fingerprint density at radius 3 is 2.48 bits per heavy atom. The highest BCUT2D eigenvalue weighted by Crippen LogP contribution is 2.31. The second kappa shape index (κ2) is 6.83. The zero-order valence-electron chi connectivity index (χ0n) is 13.7. The van der Waals surface area contributed by atoms with Crippen LogP contribution in [0, 0.1) is 0 Å². The first-order valence-corrected chi connectivity index (χ1v) is 7.98. The fourth-order valence-electron chi connectivity index (χ4n) is 2.61. The van der Waals surface area contributed by atoms with Gasteiger partial charge in [0.1, 0.15) is 5.75 Å². The zero-order valence-corrected chi connectivity index (χ0v) is 13.7. The average molecular weight is 313 g/mol. The Labute approximate surface area is 136 Å². The molecule has 1 saturated heterocycles. The highest BCUT2D eigenvalue weighted by Gasteiger charge is 2.20. The fraction of sp³-hybridized carbons (Fsp3) is 0.412. The third-order valence-electron chi connectivity index (χ3n) is 4.12. The maximum Gasteiger partial charge on any atom is 0.222 e. The van der Waals surface area contributed by atoms with Crippen molar-refractivity contribution in [3.8, 4) is 11.5 Å². The minimum atomic E-state index is 0.271. The monoisotopic (exact) mass is 313 g/mol. The lowest BCUT2D eigenvalue weighted by molar-refractivity contribution is 0.310. The van der Waals surface area contributed by atoms with Crippen molar-refractivity contribution in [1.82, 2.24) is 14.9 Å². The summed E-state index contributed by atoms with van der Waals surface area (Å²) in [6.45, 7) is 5.93. The van der Waals surface area contributed by atoms with Gasteiger partial charge in [-0.1, -0.05) is 19.1 Å². The molecule has 0 atom stereocenters. The van der Waals surface area contributed by atoms with E-state index >= 15 is 0 Å². The molecule has 1 aromatic heterocycles. The lowest BCUT2D eigenvalue weighted by Gasteiger charge is -2.33. The number of hydrogen-bond acceptors (Lipinski definition) is 6. The van der Waals surface area contributed by atoms with Gasteiger partial charge in [-0.15, -0.1) is 0 Å². The van der Waals surface area contributed by atoms with Crippen molar-refractivity contribution >= 4 is 11.8 Å². The topological polar surface area (TPSA) is 67.5 Å². The summed E-state index contributed by atoms with van der Waals surface area (Å²) in [7, 11) is 2.12. The molecule has 3 rings (SSSR count). The van der Waals surface area contributed by atoms with Gasteiger partial charge in [-0.25, -0.2) is 4.98 Å². The van der Waals surface area contributed by atoms with E-state index in [1.54, 1.807) is 6.20 Å². The number of piperazine rings is 1. The van der Waals surface area contributed by atoms with Crippen molar-refractivity contribution in [3.63, 3.8) is 0 Å². The van der Waals surface area contributed by atoms with Crippen molar-refractivity contribution in [1.29, 1.82) is 0 Å². The summed E-state index contributed by atoms with van der Waals surface area (Å²) in [5, 5.41) is 0. The van der Waals surface area contributed by atoms with Crippen LogP contribution in [0.3, 0.4) is 0 Å². The molecule has 0 aliphatic carbocycles. The van der Waals surface area contributed by atoms with Crippen LogP contribution >= 0.6 is 0 Å². The number of nitrogens with two attached hydrogens (primary N) is 1. The summed E-state index contributed by atoms with van der Waals surface area (Å²) < 4.78 is 6.01. The molecule has 0 saturated carbocycles. The summed E-state index contributed by atoms with van der Waals surface area (Å²) >= 11 is 0. The standard InChI is InChI=1S/C17H23N5O/c1-3-13-4-6-14(7-5-13)23-15-12-19-17(18)20-16(15)22-10-8-21(2)9-11-22/h4-7,12H,3,8-11H2,1-2H3,(H2,18,19,20). The first-order chi connectivity index (χ1) is 11.2. The molecule has 6 heteroatoms. The molecule has 2 N–H and O–H groups in total. The van der Waals surface area contributed by atoms with E-state index in [1.807, 2.05) is 12.1 Å². The van der Waals surface area contributed by atoms with Gasteiger partial charge in [-0.2, -0.15) is 4.98 Å². The number of ether oxygens (including phenoxy) is 1. The molecule has 0 radical (unpaired) electrons. The van der Waals surface area contributed by atoms with Crippen LogP contribution in [0.25, 0.3) is 0 Å². The Hall–Kier alpha value is -2.34. The molecule has 0 unspecified atom stereocenters. The van der Waals surface area contributed by atoms with Crippen molar-refractivity contribution in [3.05, 3.63) is 36.0 Å². The second-order valence-corrected chi connectivity index (χ2v) is 5.81. The van der Waals surface area contributed by atoms with Crippen LogP contribution in [0.4, 0.5) is 11.8 Å². The predicted molar refractivity (Wildman–Crippen MR) is 92.0 cm³/mol. The summed E-state index contributed by atoms with van der Waals surface area (Å²) in [6, 6.07) is 8.10. The van der Waals surface area contributed by atoms with Gasteiger partial charge < -0.3 is 20.3 Å². The van der Waals surface area contributed by atoms with Gasteiger partial charge in [0.05, 0.1) is 6.20 Å². The molecule has 23 heavy (non-hydrogen) atoms. The van der Waals surface area contributed by atoms with Crippen molar-refractivity contribution < 1.29 is 4.74 Å². The van der Waals surface area contributed by atoms with Crippen LogP contribution in [-0.4, -0.2) is 48.1 Å². The number of rotatable bonds is 4. The molecule has 0 spiro atoms. The van der Waals surface area contributed by atoms with Gasteiger partial charge in [0.15, 0.2) is 11.6 Å². The molecular weight excluding hydrogens is 290 g/mol. The number of aromatic nitrogens is 2. The fourth-order valence-corrected chi connectivity index (χ4v) is 2.61. The highest BCUT2D eigenvalue weighted by atomic mass is 16.5. The van der Waals surface area contributed by atoms with Gasteiger partial charge in [-0.3, -0.25) is 0 Å². The van der Waals surface area contributed by atoms with Crippen molar-refractivity contribution in [2.24, 2.45) is 0 Å². The second-order valence-electron chi connectivity index (χ2n) is 5.81. The number of anilines is 2. The first-order valence-electron chi connectivity index (χ1n) is 7.98. The molecule has 2 aromatic rings. The Kier molecular flexibility index (Phi) is 4.62. The highest BCUT2D eigenvalue weighted by molar-refractivity contribution is 5.55. The van der Waals surface area contributed by atoms with E-state index < -0.39 is 0 Å². The van der Waals surface area contributed by atoms with Gasteiger partial charge in [0, 0.05) is 26.2 Å². The predicted octanol–water partition coefficient (Wildman–Crippen LogP) is 2.17. The smallest absolute Gasteiger partial charge is 0.222 e. The van der Waals surface area contributed by atoms with E-state index in [0.717, 1.165) is 44.2 Å². The molecule has 1 aromatic carbocycles. The lowest BCUT2D eigenvalue weighted by Crippen LogP contribution is -2.45. The minimum absolute atomic E-state index is 0.271. The van der Waals surface area contributed by atoms with Gasteiger partial charge in [-0.05, 0) is 31.2 Å². The van der Waals surface area contributed by atoms with Crippen LogP contribution < -0.4 is 15.4 Å². The number of benzene rings is 1. The summed E-state index contributed by atoms with van der Waals surface area (Å²) in [4.78, 5) is 13.0. The number of nitrogens with zero attached hydrogens (tertiary/aromatic N) is 4. The number of likely N-dealkylation sites (N-methyl/N-ethyl adjacent to an activating group) is 1. The van der Waals surface area contributed by atoms with Gasteiger partial charge in [0.2, 0.25) is 5.95 Å². The summed E-state index contributed by atoms with van der Waals surface area (Å²) in [6.07, 6.45) is 2.67. The number of aryl methyl sites for hydroxylation is 1. The lowest BCUT2D eigenvalue weighted by atomic mass is 10.2. The summed E-state index contributed by atoms with van der Waals surface area (Å²) in [5.74, 6) is 2.47. The zero-order chi connectivity index (χ0) is 16.2. The van der Waals surface area contributed by atoms with E-state index in [0.29, 0.717) is 5.75 Å². The van der Waals surface area contributed by atoms with Crippen molar-refractivity contribution in [2.45, 2.75) is 13.3 Å². The van der Waals surface area contributed by atoms with E-state index in [1.165, 1.54) is 5.56 Å². The molecule has 2 heterocycles. The molecule has 1 fully saturated rings. The first kappa shape index (κ1) is 15.6. The van der Waals surface area contributed by atoms with Crippen LogP contribution in [0.15, 0.2) is 30.5 Å². The van der Waals surface area contributed by atoms with Crippen LogP contribution in [0.5, 0.6) is 11.5 Å². The van der Waals surface area contributed by atoms with Gasteiger partial charge >= 0.3 is 0 Å². The average Bonchev–Trinajstić information content (AvgIpc) is 2.58. The Morgan fingerprint density at radius 1 is 1.13 bits per heavy atom. The largest absolute Gasteiger partial charge is 0.452 e. The molecule has 0 amide bonds. The van der Waals surface area contributed by atoms with E-state index in [-0.39, 0.29) is 5.95 Å². The molecule has 1 aliphatic rings. The quantitative estimate of drug-likeness (QED) is 0.933. The SMILES string of the molecule is CCc1ccc(Oc2cnc(N)nc2N2CCN(C)CC2)cc1. The van der Waals surface area contributed by atoms with E-state index in [9.17, 15) is 0 Å². The maximum atomic E-state index is 6.01. The molecule has 6 nitrogen and oxygen atoms in total. The number of nitrogen functional groups attached to an aromatic ring is 1. The van der Waals surface area contributed by atoms with Crippen LogP contribution in [0.2, 0.25) is 0 Å². The Morgan fingerprint density at radius 2 is 1.83 bits per heavy atom. The van der Waals surface area contributed by atoms with E-state index in [2.05, 4.69) is 45.9 Å². The third kappa shape index (κ3) is 3.71. The maximum absolute atomic E-state index is 6.01. The third-order valence-corrected chi connectivity index (χ3v) is 4.12. The van der Waals surface area contributed by atoms with Crippen LogP contribution in [-0.2, 0) is 6.42 Å². The molecule has 122 valence electrons.